The van der Waals surface area contributed by atoms with E-state index < -0.39 is 0 Å². The summed E-state index contributed by atoms with van der Waals surface area (Å²) in [6, 6.07) is 12.7. The smallest absolute Gasteiger partial charge is 0.231 e. The molecule has 0 spiro atoms. The van der Waals surface area contributed by atoms with Gasteiger partial charge in [0.15, 0.2) is 11.5 Å². The maximum absolute atomic E-state index is 5.45. The van der Waals surface area contributed by atoms with Gasteiger partial charge in [0.1, 0.15) is 0 Å². The normalized spacial score (nSPS) is 16.6. The Balaban J connectivity index is 1.54. The van der Waals surface area contributed by atoms with E-state index >= 15 is 0 Å². The quantitative estimate of drug-likeness (QED) is 0.934. The van der Waals surface area contributed by atoms with Crippen LogP contribution in [0.5, 0.6) is 11.5 Å². The second-order valence-electron chi connectivity index (χ2n) is 5.46. The maximum atomic E-state index is 5.45. The van der Waals surface area contributed by atoms with Gasteiger partial charge in [0.05, 0.1) is 13.2 Å². The van der Waals surface area contributed by atoms with Gasteiger partial charge in [-0.1, -0.05) is 12.1 Å². The van der Waals surface area contributed by atoms with Crippen LogP contribution in [0.2, 0.25) is 0 Å². The molecular formula is C17H17NO3. The fourth-order valence-corrected chi connectivity index (χ4v) is 2.78. The molecule has 0 saturated carbocycles. The standard InChI is InChI=1S/C17H17NO3/c1-11(12-3-5-16-17(7-12)21-10-20-16)18-15-4-2-13-8-19-9-14(13)6-15/h2-7,11,18H,8-10H2,1H3. The molecule has 2 aromatic rings. The molecule has 0 aromatic heterocycles. The molecule has 1 atom stereocenters. The van der Waals surface area contributed by atoms with Crippen molar-refractivity contribution in [3.63, 3.8) is 0 Å². The van der Waals surface area contributed by atoms with Gasteiger partial charge in [0, 0.05) is 11.7 Å². The zero-order chi connectivity index (χ0) is 14.2. The summed E-state index contributed by atoms with van der Waals surface area (Å²) in [5.74, 6) is 1.64. The SMILES string of the molecule is CC(Nc1ccc2c(c1)COC2)c1ccc2c(c1)OCO2. The number of benzene rings is 2. The fourth-order valence-electron chi connectivity index (χ4n) is 2.78. The first-order valence-corrected chi connectivity index (χ1v) is 7.15. The minimum atomic E-state index is 0.194. The molecule has 1 unspecified atom stereocenters. The van der Waals surface area contributed by atoms with E-state index in [2.05, 4.69) is 36.5 Å². The molecule has 2 aromatic carbocycles. The summed E-state index contributed by atoms with van der Waals surface area (Å²) in [6.45, 7) is 3.89. The molecule has 4 rings (SSSR count). The summed E-state index contributed by atoms with van der Waals surface area (Å²) < 4.78 is 16.2. The Hall–Kier alpha value is -2.20. The van der Waals surface area contributed by atoms with E-state index in [0.717, 1.165) is 23.8 Å². The lowest BCUT2D eigenvalue weighted by molar-refractivity contribution is 0.134. The van der Waals surface area contributed by atoms with Gasteiger partial charge in [0.25, 0.3) is 0 Å². The van der Waals surface area contributed by atoms with E-state index in [9.17, 15) is 0 Å². The van der Waals surface area contributed by atoms with Crippen molar-refractivity contribution in [2.75, 3.05) is 12.1 Å². The monoisotopic (exact) mass is 283 g/mol. The minimum Gasteiger partial charge on any atom is -0.454 e. The minimum absolute atomic E-state index is 0.194. The fraction of sp³-hybridized carbons (Fsp3) is 0.294. The van der Waals surface area contributed by atoms with Crippen LogP contribution in [0.15, 0.2) is 36.4 Å². The van der Waals surface area contributed by atoms with Gasteiger partial charge in [-0.3, -0.25) is 0 Å². The lowest BCUT2D eigenvalue weighted by Crippen LogP contribution is -2.06. The molecule has 0 fully saturated rings. The molecule has 0 radical (unpaired) electrons. The summed E-state index contributed by atoms with van der Waals surface area (Å²) in [4.78, 5) is 0. The highest BCUT2D eigenvalue weighted by Gasteiger charge is 2.16. The average molecular weight is 283 g/mol. The molecule has 2 aliphatic heterocycles. The third kappa shape index (κ3) is 2.32. The Morgan fingerprint density at radius 1 is 0.952 bits per heavy atom. The molecule has 0 bridgehead atoms. The number of fused-ring (bicyclic) bond motifs is 2. The van der Waals surface area contributed by atoms with Crippen molar-refractivity contribution in [1.29, 1.82) is 0 Å². The first-order valence-electron chi connectivity index (χ1n) is 7.15. The van der Waals surface area contributed by atoms with Gasteiger partial charge in [-0.15, -0.1) is 0 Å². The molecule has 1 N–H and O–H groups in total. The van der Waals surface area contributed by atoms with Crippen molar-refractivity contribution < 1.29 is 14.2 Å². The predicted octanol–water partition coefficient (Wildman–Crippen LogP) is 3.62. The van der Waals surface area contributed by atoms with E-state index in [0.29, 0.717) is 13.4 Å². The van der Waals surface area contributed by atoms with Crippen molar-refractivity contribution in [3.8, 4) is 11.5 Å². The summed E-state index contributed by atoms with van der Waals surface area (Å²) in [5, 5.41) is 3.53. The number of nitrogens with one attached hydrogen (secondary N) is 1. The van der Waals surface area contributed by atoms with Crippen LogP contribution in [0.4, 0.5) is 5.69 Å². The Labute approximate surface area is 123 Å². The Morgan fingerprint density at radius 2 is 1.81 bits per heavy atom. The van der Waals surface area contributed by atoms with E-state index in [1.165, 1.54) is 16.7 Å². The van der Waals surface area contributed by atoms with Gasteiger partial charge in [0.2, 0.25) is 6.79 Å². The molecule has 2 heterocycles. The maximum Gasteiger partial charge on any atom is 0.231 e. The predicted molar refractivity (Wildman–Crippen MR) is 79.5 cm³/mol. The molecule has 4 nitrogen and oxygen atoms in total. The van der Waals surface area contributed by atoms with E-state index in [-0.39, 0.29) is 6.04 Å². The average Bonchev–Trinajstić information content (AvgIpc) is 3.14. The zero-order valence-electron chi connectivity index (χ0n) is 11.9. The van der Waals surface area contributed by atoms with Gasteiger partial charge in [-0.05, 0) is 47.9 Å². The van der Waals surface area contributed by atoms with E-state index in [1.54, 1.807) is 0 Å². The van der Waals surface area contributed by atoms with Crippen molar-refractivity contribution in [2.45, 2.75) is 26.2 Å². The van der Waals surface area contributed by atoms with Crippen molar-refractivity contribution in [1.82, 2.24) is 0 Å². The van der Waals surface area contributed by atoms with Crippen LogP contribution in [0, 0.1) is 0 Å². The number of rotatable bonds is 3. The van der Waals surface area contributed by atoms with Crippen LogP contribution in [0.3, 0.4) is 0 Å². The molecule has 2 aliphatic rings. The van der Waals surface area contributed by atoms with Crippen molar-refractivity contribution >= 4 is 5.69 Å². The number of ether oxygens (including phenoxy) is 3. The van der Waals surface area contributed by atoms with Crippen LogP contribution in [-0.2, 0) is 18.0 Å². The molecular weight excluding hydrogens is 266 g/mol. The van der Waals surface area contributed by atoms with Crippen LogP contribution in [0.1, 0.15) is 29.7 Å². The summed E-state index contributed by atoms with van der Waals surface area (Å²) in [5.41, 5.74) is 4.86. The Kier molecular flexibility index (Phi) is 2.97. The van der Waals surface area contributed by atoms with Crippen LogP contribution in [-0.4, -0.2) is 6.79 Å². The lowest BCUT2D eigenvalue weighted by Gasteiger charge is -2.16. The van der Waals surface area contributed by atoms with Gasteiger partial charge < -0.3 is 19.5 Å². The molecule has 21 heavy (non-hydrogen) atoms. The summed E-state index contributed by atoms with van der Waals surface area (Å²) >= 11 is 0. The molecule has 108 valence electrons. The van der Waals surface area contributed by atoms with Crippen LogP contribution >= 0.6 is 0 Å². The lowest BCUT2D eigenvalue weighted by atomic mass is 10.1. The van der Waals surface area contributed by atoms with Gasteiger partial charge >= 0.3 is 0 Å². The molecule has 0 saturated heterocycles. The van der Waals surface area contributed by atoms with Gasteiger partial charge in [-0.25, -0.2) is 0 Å². The second kappa shape index (κ2) is 4.97. The number of hydrogen-bond acceptors (Lipinski definition) is 4. The van der Waals surface area contributed by atoms with E-state index in [4.69, 9.17) is 14.2 Å². The first-order chi connectivity index (χ1) is 10.3. The third-order valence-electron chi connectivity index (χ3n) is 4.00. The molecule has 0 aliphatic carbocycles. The zero-order valence-corrected chi connectivity index (χ0v) is 11.9. The second-order valence-corrected chi connectivity index (χ2v) is 5.46. The van der Waals surface area contributed by atoms with Crippen LogP contribution in [0.25, 0.3) is 0 Å². The third-order valence-corrected chi connectivity index (χ3v) is 4.00. The van der Waals surface area contributed by atoms with E-state index in [1.807, 2.05) is 12.1 Å². The Morgan fingerprint density at radius 3 is 2.76 bits per heavy atom. The number of hydrogen-bond donors (Lipinski definition) is 1. The number of anilines is 1. The molecule has 4 heteroatoms. The summed E-state index contributed by atoms with van der Waals surface area (Å²) in [7, 11) is 0. The van der Waals surface area contributed by atoms with Gasteiger partial charge in [-0.2, -0.15) is 0 Å². The van der Waals surface area contributed by atoms with Crippen molar-refractivity contribution in [2.24, 2.45) is 0 Å². The highest BCUT2D eigenvalue weighted by molar-refractivity contribution is 5.52. The highest BCUT2D eigenvalue weighted by atomic mass is 16.7. The van der Waals surface area contributed by atoms with Crippen LogP contribution < -0.4 is 14.8 Å². The largest absolute Gasteiger partial charge is 0.454 e. The summed E-state index contributed by atoms with van der Waals surface area (Å²) in [6.07, 6.45) is 0. The highest BCUT2D eigenvalue weighted by Crippen LogP contribution is 2.35. The Bertz CT molecular complexity index is 684. The molecule has 0 amide bonds. The first kappa shape index (κ1) is 12.5. The topological polar surface area (TPSA) is 39.7 Å². The van der Waals surface area contributed by atoms with Crippen molar-refractivity contribution in [3.05, 3.63) is 53.1 Å².